The summed E-state index contributed by atoms with van der Waals surface area (Å²) in [5, 5.41) is 12.7. The maximum absolute atomic E-state index is 12.9. The highest BCUT2D eigenvalue weighted by atomic mass is 35.5. The molecule has 1 aliphatic heterocycles. The number of hydrogen-bond acceptors (Lipinski definition) is 4. The van der Waals surface area contributed by atoms with Gasteiger partial charge in [0.1, 0.15) is 17.1 Å². The molecule has 1 N–H and O–H groups in total. The number of nitrogens with zero attached hydrogens (tertiary/aromatic N) is 4. The van der Waals surface area contributed by atoms with Crippen LogP contribution in [-0.4, -0.2) is 39.3 Å². The quantitative estimate of drug-likeness (QED) is 0.714. The largest absolute Gasteiger partial charge is 0.434 e. The van der Waals surface area contributed by atoms with E-state index in [1.165, 1.54) is 12.1 Å². The van der Waals surface area contributed by atoms with Crippen molar-refractivity contribution in [3.63, 3.8) is 0 Å². The van der Waals surface area contributed by atoms with Crippen molar-refractivity contribution in [2.45, 2.75) is 25.5 Å². The van der Waals surface area contributed by atoms with Crippen molar-refractivity contribution in [2.24, 2.45) is 0 Å². The second-order valence-electron chi connectivity index (χ2n) is 6.29. The molecule has 0 unspecified atom stereocenters. The summed E-state index contributed by atoms with van der Waals surface area (Å²) in [6.07, 6.45) is 7.21. The molecule has 0 aliphatic carbocycles. The molecule has 1 fully saturated rings. The van der Waals surface area contributed by atoms with Gasteiger partial charge in [-0.1, -0.05) is 11.6 Å². The van der Waals surface area contributed by atoms with Crippen LogP contribution in [-0.2, 0) is 0 Å². The molecule has 3 aromatic rings. The summed E-state index contributed by atoms with van der Waals surface area (Å²) < 4.78 is 34.0. The van der Waals surface area contributed by atoms with Crippen LogP contribution in [0.15, 0.2) is 42.9 Å². The molecule has 6 nitrogen and oxygen atoms in total. The number of piperidine rings is 1. The summed E-state index contributed by atoms with van der Waals surface area (Å²) in [5.41, 5.74) is 1.58. The Bertz CT molecular complexity index is 907. The van der Waals surface area contributed by atoms with Gasteiger partial charge in [0.2, 0.25) is 0 Å². The third-order valence-electron chi connectivity index (χ3n) is 4.56. The highest BCUT2D eigenvalue weighted by Gasteiger charge is 2.23. The lowest BCUT2D eigenvalue weighted by Crippen LogP contribution is -2.29. The molecule has 0 saturated carbocycles. The Kier molecular flexibility index (Phi) is 5.09. The molecule has 3 heterocycles. The third kappa shape index (κ3) is 3.81. The fraction of sp³-hybridized carbons (Fsp3) is 0.333. The van der Waals surface area contributed by atoms with Crippen molar-refractivity contribution in [3.05, 3.63) is 47.9 Å². The topological polar surface area (TPSA) is 56.9 Å². The van der Waals surface area contributed by atoms with Crippen molar-refractivity contribution in [2.75, 3.05) is 13.1 Å². The van der Waals surface area contributed by atoms with Crippen molar-refractivity contribution in [1.82, 2.24) is 24.9 Å². The van der Waals surface area contributed by atoms with Crippen LogP contribution in [0, 0.1) is 0 Å². The highest BCUT2D eigenvalue weighted by Crippen LogP contribution is 2.37. The number of halogens is 3. The molecule has 2 aromatic heterocycles. The Hall–Kier alpha value is -2.45. The Balaban J connectivity index is 1.84. The minimum Gasteiger partial charge on any atom is -0.434 e. The van der Waals surface area contributed by atoms with E-state index in [0.717, 1.165) is 25.9 Å². The van der Waals surface area contributed by atoms with E-state index < -0.39 is 6.61 Å². The van der Waals surface area contributed by atoms with Crippen molar-refractivity contribution in [3.8, 4) is 22.7 Å². The van der Waals surface area contributed by atoms with Crippen LogP contribution in [0.2, 0.25) is 5.02 Å². The van der Waals surface area contributed by atoms with E-state index in [2.05, 4.69) is 10.4 Å². The summed E-state index contributed by atoms with van der Waals surface area (Å²) in [7, 11) is 0. The molecule has 9 heteroatoms. The number of rotatable bonds is 5. The van der Waals surface area contributed by atoms with Crippen LogP contribution in [0.25, 0.3) is 16.9 Å². The van der Waals surface area contributed by atoms with Gasteiger partial charge < -0.3 is 10.1 Å². The number of hydrogen-bond donors (Lipinski definition) is 1. The van der Waals surface area contributed by atoms with E-state index in [0.29, 0.717) is 22.0 Å². The van der Waals surface area contributed by atoms with Crippen LogP contribution in [0.4, 0.5) is 8.78 Å². The number of nitrogens with one attached hydrogen (secondary N) is 1. The summed E-state index contributed by atoms with van der Waals surface area (Å²) in [6.45, 7) is -1.12. The smallest absolute Gasteiger partial charge is 0.387 e. The normalized spacial score (nSPS) is 15.4. The van der Waals surface area contributed by atoms with E-state index >= 15 is 0 Å². The van der Waals surface area contributed by atoms with Crippen LogP contribution >= 0.6 is 11.6 Å². The van der Waals surface area contributed by atoms with E-state index in [1.807, 2.05) is 10.9 Å². The first kappa shape index (κ1) is 17.9. The van der Waals surface area contributed by atoms with Crippen molar-refractivity contribution < 1.29 is 13.5 Å². The minimum atomic E-state index is -2.94. The monoisotopic (exact) mass is 393 g/mol. The molecule has 0 bridgehead atoms. The SMILES string of the molecule is FC(F)Oc1ccc(Cl)cc1-c1nn(C2CCNCC2)cc1-n1cccn1. The lowest BCUT2D eigenvalue weighted by Gasteiger charge is -2.22. The Morgan fingerprint density at radius 3 is 2.78 bits per heavy atom. The molecule has 0 atom stereocenters. The Morgan fingerprint density at radius 2 is 2.07 bits per heavy atom. The second kappa shape index (κ2) is 7.66. The molecule has 1 aliphatic rings. The Morgan fingerprint density at radius 1 is 1.26 bits per heavy atom. The van der Waals surface area contributed by atoms with Crippen LogP contribution in [0.3, 0.4) is 0 Å². The lowest BCUT2D eigenvalue weighted by atomic mass is 10.1. The van der Waals surface area contributed by atoms with Gasteiger partial charge in [-0.25, -0.2) is 4.68 Å². The zero-order chi connectivity index (χ0) is 18.8. The fourth-order valence-corrected chi connectivity index (χ4v) is 3.47. The highest BCUT2D eigenvalue weighted by molar-refractivity contribution is 6.31. The van der Waals surface area contributed by atoms with Gasteiger partial charge in [-0.3, -0.25) is 4.68 Å². The predicted octanol–water partition coefficient (Wildman–Crippen LogP) is 3.92. The number of alkyl halides is 2. The molecule has 0 spiro atoms. The van der Waals surface area contributed by atoms with Gasteiger partial charge in [0, 0.05) is 23.0 Å². The van der Waals surface area contributed by atoms with E-state index in [9.17, 15) is 8.78 Å². The molecule has 1 saturated heterocycles. The zero-order valence-electron chi connectivity index (χ0n) is 14.4. The molecular formula is C18H18ClF2N5O. The van der Waals surface area contributed by atoms with Crippen LogP contribution in [0.5, 0.6) is 5.75 Å². The van der Waals surface area contributed by atoms with Crippen molar-refractivity contribution in [1.29, 1.82) is 0 Å². The lowest BCUT2D eigenvalue weighted by molar-refractivity contribution is -0.0494. The van der Waals surface area contributed by atoms with Gasteiger partial charge in [0.15, 0.2) is 0 Å². The molecule has 4 rings (SSSR count). The Labute approximate surface area is 159 Å². The maximum Gasteiger partial charge on any atom is 0.387 e. The molecule has 1 aromatic carbocycles. The summed E-state index contributed by atoms with van der Waals surface area (Å²) in [4.78, 5) is 0. The fourth-order valence-electron chi connectivity index (χ4n) is 3.30. The summed E-state index contributed by atoms with van der Waals surface area (Å²) >= 11 is 6.13. The summed E-state index contributed by atoms with van der Waals surface area (Å²) in [6, 6.07) is 6.55. The molecule has 0 amide bonds. The predicted molar refractivity (Wildman–Crippen MR) is 97.6 cm³/mol. The molecule has 142 valence electrons. The van der Waals surface area contributed by atoms with Gasteiger partial charge in [0.25, 0.3) is 0 Å². The van der Waals surface area contributed by atoms with E-state index in [4.69, 9.17) is 21.4 Å². The third-order valence-corrected chi connectivity index (χ3v) is 4.79. The molecular weight excluding hydrogens is 376 g/mol. The first-order chi connectivity index (χ1) is 13.1. The van der Waals surface area contributed by atoms with Crippen molar-refractivity contribution >= 4 is 11.6 Å². The van der Waals surface area contributed by atoms with E-state index in [-0.39, 0.29) is 11.8 Å². The van der Waals surface area contributed by atoms with E-state index in [1.54, 1.807) is 29.2 Å². The van der Waals surface area contributed by atoms with Gasteiger partial charge in [-0.05, 0) is 50.2 Å². The van der Waals surface area contributed by atoms with Gasteiger partial charge >= 0.3 is 6.61 Å². The second-order valence-corrected chi connectivity index (χ2v) is 6.73. The molecule has 0 radical (unpaired) electrons. The first-order valence-corrected chi connectivity index (χ1v) is 9.04. The van der Waals surface area contributed by atoms with Crippen LogP contribution < -0.4 is 10.1 Å². The standard InChI is InChI=1S/C18H18ClF2N5O/c19-12-2-3-16(27-18(20)21)14(10-12)17-15(25-9-1-6-23-25)11-26(24-17)13-4-7-22-8-5-13/h1-3,6,9-11,13,18,22H,4-5,7-8H2. The van der Waals surface area contributed by atoms with Gasteiger partial charge in [-0.15, -0.1) is 0 Å². The maximum atomic E-state index is 12.9. The number of aromatic nitrogens is 4. The summed E-state index contributed by atoms with van der Waals surface area (Å²) in [5.74, 6) is 0.0263. The average molecular weight is 394 g/mol. The average Bonchev–Trinajstić information content (AvgIpc) is 3.33. The number of ether oxygens (including phenoxy) is 1. The van der Waals surface area contributed by atoms with Gasteiger partial charge in [0.05, 0.1) is 12.2 Å². The number of benzene rings is 1. The minimum absolute atomic E-state index is 0.0263. The van der Waals surface area contributed by atoms with Gasteiger partial charge in [-0.2, -0.15) is 19.0 Å². The zero-order valence-corrected chi connectivity index (χ0v) is 15.1. The van der Waals surface area contributed by atoms with Crippen LogP contribution in [0.1, 0.15) is 18.9 Å². The first-order valence-electron chi connectivity index (χ1n) is 8.66. The molecule has 27 heavy (non-hydrogen) atoms.